The molecule has 0 spiro atoms. The first-order valence-electron chi connectivity index (χ1n) is 10.8. The van der Waals surface area contributed by atoms with E-state index in [0.717, 1.165) is 5.56 Å². The number of aromatic nitrogens is 1. The third kappa shape index (κ3) is 4.93. The Morgan fingerprint density at radius 2 is 1.91 bits per heavy atom. The quantitative estimate of drug-likeness (QED) is 0.418. The van der Waals surface area contributed by atoms with E-state index in [0.29, 0.717) is 36.3 Å². The van der Waals surface area contributed by atoms with Crippen molar-refractivity contribution in [2.24, 2.45) is 0 Å². The second-order valence-corrected chi connectivity index (χ2v) is 8.33. The van der Waals surface area contributed by atoms with Crippen molar-refractivity contribution in [3.8, 4) is 5.75 Å². The van der Waals surface area contributed by atoms with Crippen LogP contribution >= 0.6 is 0 Å². The molecule has 172 valence electrons. The van der Waals surface area contributed by atoms with E-state index >= 15 is 0 Å². The third-order valence-corrected chi connectivity index (χ3v) is 5.99. The number of non-ortho nitro benzene ring substituents is 1. The number of benzene rings is 2. The van der Waals surface area contributed by atoms with E-state index in [4.69, 9.17) is 4.74 Å². The molecule has 1 amide bonds. The number of nitrogens with zero attached hydrogens (tertiary/aromatic N) is 4. The summed E-state index contributed by atoms with van der Waals surface area (Å²) in [5.74, 6) is -0.0787. The van der Waals surface area contributed by atoms with Crippen LogP contribution in [0.4, 0.5) is 10.1 Å². The van der Waals surface area contributed by atoms with Crippen LogP contribution in [0.15, 0.2) is 54.7 Å². The minimum absolute atomic E-state index is 0.0236. The van der Waals surface area contributed by atoms with Gasteiger partial charge in [-0.2, -0.15) is 0 Å². The summed E-state index contributed by atoms with van der Waals surface area (Å²) in [7, 11) is 0. The van der Waals surface area contributed by atoms with Gasteiger partial charge in [-0.1, -0.05) is 12.1 Å². The summed E-state index contributed by atoms with van der Waals surface area (Å²) in [6.45, 7) is 5.79. The van der Waals surface area contributed by atoms with Crippen molar-refractivity contribution in [2.45, 2.75) is 32.5 Å². The predicted molar refractivity (Wildman–Crippen MR) is 121 cm³/mol. The zero-order valence-electron chi connectivity index (χ0n) is 18.5. The van der Waals surface area contributed by atoms with Crippen molar-refractivity contribution in [1.82, 2.24) is 14.8 Å². The molecule has 0 saturated carbocycles. The van der Waals surface area contributed by atoms with E-state index in [2.05, 4.69) is 16.8 Å². The first-order chi connectivity index (χ1) is 15.8. The summed E-state index contributed by atoms with van der Waals surface area (Å²) in [5.41, 5.74) is 1.32. The Bertz CT molecular complexity index is 1170. The highest BCUT2D eigenvalue weighted by Gasteiger charge is 2.32. The van der Waals surface area contributed by atoms with Crippen molar-refractivity contribution in [3.63, 3.8) is 0 Å². The van der Waals surface area contributed by atoms with Gasteiger partial charge in [0.05, 0.1) is 10.3 Å². The third-order valence-electron chi connectivity index (χ3n) is 5.99. The molecule has 8 nitrogen and oxygen atoms in total. The fourth-order valence-corrected chi connectivity index (χ4v) is 4.22. The molecule has 1 saturated heterocycles. The van der Waals surface area contributed by atoms with Crippen molar-refractivity contribution < 1.29 is 18.8 Å². The molecular formula is C24H25FN4O4. The molecule has 4 rings (SSSR count). The first-order valence-corrected chi connectivity index (χ1v) is 10.8. The maximum atomic E-state index is 13.2. The van der Waals surface area contributed by atoms with E-state index in [1.807, 2.05) is 6.92 Å². The van der Waals surface area contributed by atoms with Crippen LogP contribution in [-0.4, -0.2) is 57.4 Å². The van der Waals surface area contributed by atoms with Crippen LogP contribution in [0, 0.1) is 15.9 Å². The Morgan fingerprint density at radius 1 is 1.15 bits per heavy atom. The Balaban J connectivity index is 1.41. The number of ether oxygens (including phenoxy) is 1. The Hall–Kier alpha value is -3.59. The molecule has 0 radical (unpaired) electrons. The van der Waals surface area contributed by atoms with Crippen LogP contribution in [-0.2, 0) is 11.3 Å². The molecule has 0 bridgehead atoms. The topological polar surface area (TPSA) is 88.8 Å². The number of piperazine rings is 1. The zero-order chi connectivity index (χ0) is 23.5. The molecule has 2 atom stereocenters. The van der Waals surface area contributed by atoms with Gasteiger partial charge in [0.1, 0.15) is 17.1 Å². The molecule has 0 aliphatic carbocycles. The van der Waals surface area contributed by atoms with E-state index in [1.54, 1.807) is 29.2 Å². The number of amides is 1. The summed E-state index contributed by atoms with van der Waals surface area (Å²) in [5, 5.41) is 11.6. The van der Waals surface area contributed by atoms with Crippen LogP contribution in [0.5, 0.6) is 5.75 Å². The maximum absolute atomic E-state index is 13.2. The minimum Gasteiger partial charge on any atom is -0.481 e. The molecule has 9 heteroatoms. The van der Waals surface area contributed by atoms with Gasteiger partial charge in [-0.05, 0) is 49.7 Å². The Kier molecular flexibility index (Phi) is 6.50. The van der Waals surface area contributed by atoms with Gasteiger partial charge in [0.2, 0.25) is 0 Å². The first kappa shape index (κ1) is 22.6. The van der Waals surface area contributed by atoms with Crippen LogP contribution in [0.2, 0.25) is 0 Å². The van der Waals surface area contributed by atoms with Gasteiger partial charge in [-0.3, -0.25) is 24.8 Å². The second kappa shape index (κ2) is 9.50. The number of nitro benzene ring substituents is 1. The molecule has 1 fully saturated rings. The fraction of sp³-hybridized carbons (Fsp3) is 0.333. The molecule has 33 heavy (non-hydrogen) atoms. The summed E-state index contributed by atoms with van der Waals surface area (Å²) >= 11 is 0. The lowest BCUT2D eigenvalue weighted by atomic mass is 10.1. The molecule has 1 aromatic heterocycles. The summed E-state index contributed by atoms with van der Waals surface area (Å²) < 4.78 is 18.9. The van der Waals surface area contributed by atoms with Crippen LogP contribution < -0.4 is 4.74 Å². The van der Waals surface area contributed by atoms with Gasteiger partial charge in [0.25, 0.3) is 11.6 Å². The lowest BCUT2D eigenvalue weighted by Gasteiger charge is -2.44. The fourth-order valence-electron chi connectivity index (χ4n) is 4.22. The van der Waals surface area contributed by atoms with Crippen molar-refractivity contribution >= 4 is 22.5 Å². The standard InChI is InChI=1S/C24H25FN4O4/c1-16-13-28(17(2)12-27(16)14-18-5-7-19(25)8-6-18)23(30)15-33-22-10-9-21(29(31)32)20-4-3-11-26-24(20)22/h3-11,16-17H,12-15H2,1-2H3/t16-,17+/m1/s1. The van der Waals surface area contributed by atoms with Crippen molar-refractivity contribution in [3.05, 3.63) is 76.2 Å². The van der Waals surface area contributed by atoms with Crippen molar-refractivity contribution in [2.75, 3.05) is 19.7 Å². The van der Waals surface area contributed by atoms with Crippen LogP contribution in [0.1, 0.15) is 19.4 Å². The summed E-state index contributed by atoms with van der Waals surface area (Å²) in [6.07, 6.45) is 1.53. The number of nitro groups is 1. The minimum atomic E-state index is -0.465. The van der Waals surface area contributed by atoms with Gasteiger partial charge >= 0.3 is 0 Å². The van der Waals surface area contributed by atoms with Gasteiger partial charge in [-0.15, -0.1) is 0 Å². The van der Waals surface area contributed by atoms with E-state index in [1.165, 1.54) is 30.5 Å². The largest absolute Gasteiger partial charge is 0.481 e. The van der Waals surface area contributed by atoms with Gasteiger partial charge in [-0.25, -0.2) is 4.39 Å². The normalized spacial score (nSPS) is 18.9. The van der Waals surface area contributed by atoms with Crippen LogP contribution in [0.3, 0.4) is 0 Å². The van der Waals surface area contributed by atoms with Gasteiger partial charge in [0, 0.05) is 44.0 Å². The lowest BCUT2D eigenvalue weighted by molar-refractivity contribution is -0.383. The molecular weight excluding hydrogens is 427 g/mol. The monoisotopic (exact) mass is 452 g/mol. The molecule has 1 aliphatic heterocycles. The molecule has 1 aliphatic rings. The van der Waals surface area contributed by atoms with E-state index in [-0.39, 0.29) is 36.1 Å². The number of carbonyl (C=O) groups excluding carboxylic acids is 1. The zero-order valence-corrected chi connectivity index (χ0v) is 18.5. The molecule has 2 heterocycles. The van der Waals surface area contributed by atoms with Crippen LogP contribution in [0.25, 0.3) is 10.9 Å². The van der Waals surface area contributed by atoms with Gasteiger partial charge in [0.15, 0.2) is 6.61 Å². The number of hydrogen-bond acceptors (Lipinski definition) is 6. The predicted octanol–water partition coefficient (Wildman–Crippen LogP) is 3.78. The van der Waals surface area contributed by atoms with E-state index in [9.17, 15) is 19.3 Å². The maximum Gasteiger partial charge on any atom is 0.279 e. The van der Waals surface area contributed by atoms with E-state index < -0.39 is 4.92 Å². The molecule has 0 unspecified atom stereocenters. The average molecular weight is 452 g/mol. The average Bonchev–Trinajstić information content (AvgIpc) is 2.80. The molecule has 3 aromatic rings. The number of hydrogen-bond donors (Lipinski definition) is 0. The highest BCUT2D eigenvalue weighted by atomic mass is 19.1. The number of rotatable bonds is 6. The Labute approximate surface area is 190 Å². The highest BCUT2D eigenvalue weighted by Crippen LogP contribution is 2.31. The Morgan fingerprint density at radius 3 is 2.64 bits per heavy atom. The molecule has 0 N–H and O–H groups in total. The number of pyridine rings is 1. The summed E-state index contributed by atoms with van der Waals surface area (Å²) in [4.78, 5) is 32.1. The van der Waals surface area contributed by atoms with Crippen molar-refractivity contribution in [1.29, 1.82) is 0 Å². The number of carbonyl (C=O) groups is 1. The molecule has 2 aromatic carbocycles. The second-order valence-electron chi connectivity index (χ2n) is 8.33. The SMILES string of the molecule is C[C@@H]1CN(C(=O)COc2ccc([N+](=O)[O-])c3cccnc23)[C@@H](C)CN1Cc1ccc(F)cc1. The van der Waals surface area contributed by atoms with Gasteiger partial charge < -0.3 is 9.64 Å². The number of halogens is 1. The lowest BCUT2D eigenvalue weighted by Crippen LogP contribution is -2.58. The summed E-state index contributed by atoms with van der Waals surface area (Å²) in [6, 6.07) is 12.6. The highest BCUT2D eigenvalue weighted by molar-refractivity contribution is 5.92. The smallest absolute Gasteiger partial charge is 0.279 e. The number of fused-ring (bicyclic) bond motifs is 1.